The summed E-state index contributed by atoms with van der Waals surface area (Å²) in [4.78, 5) is 2.42. The van der Waals surface area contributed by atoms with E-state index in [9.17, 15) is 5.11 Å². The van der Waals surface area contributed by atoms with Crippen LogP contribution in [0, 0.1) is 5.41 Å². The summed E-state index contributed by atoms with van der Waals surface area (Å²) < 4.78 is 11.8. The fourth-order valence-corrected chi connectivity index (χ4v) is 3.91. The lowest BCUT2D eigenvalue weighted by Gasteiger charge is -2.40. The number of rotatable bonds is 7. The molecule has 2 aromatic carbocycles. The Labute approximate surface area is 160 Å². The summed E-state index contributed by atoms with van der Waals surface area (Å²) in [7, 11) is 0. The van der Waals surface area contributed by atoms with E-state index in [4.69, 9.17) is 9.15 Å². The third kappa shape index (κ3) is 4.34. The highest BCUT2D eigenvalue weighted by molar-refractivity contribution is 5.77. The van der Waals surface area contributed by atoms with E-state index in [1.165, 1.54) is 0 Å². The zero-order valence-corrected chi connectivity index (χ0v) is 15.6. The summed E-state index contributed by atoms with van der Waals surface area (Å²) in [5.41, 5.74) is 0.923. The Balaban J connectivity index is 1.29. The summed E-state index contributed by atoms with van der Waals surface area (Å²) >= 11 is 0. The Morgan fingerprint density at radius 1 is 1.00 bits per heavy atom. The predicted octanol–water partition coefficient (Wildman–Crippen LogP) is 4.48. The van der Waals surface area contributed by atoms with Crippen LogP contribution in [0.4, 0.5) is 0 Å². The van der Waals surface area contributed by atoms with Crippen molar-refractivity contribution >= 4 is 11.0 Å². The van der Waals surface area contributed by atoms with E-state index in [2.05, 4.69) is 17.0 Å². The van der Waals surface area contributed by atoms with Gasteiger partial charge in [0, 0.05) is 12.0 Å². The van der Waals surface area contributed by atoms with Crippen molar-refractivity contribution in [2.75, 3.05) is 26.3 Å². The molecule has 1 N–H and O–H groups in total. The molecule has 1 aliphatic rings. The molecule has 142 valence electrons. The van der Waals surface area contributed by atoms with E-state index in [-0.39, 0.29) is 12.0 Å². The maximum absolute atomic E-state index is 10.0. The first-order valence-electron chi connectivity index (χ1n) is 9.75. The molecule has 0 atom stereocenters. The van der Waals surface area contributed by atoms with Gasteiger partial charge in [0.2, 0.25) is 0 Å². The first-order chi connectivity index (χ1) is 13.3. The van der Waals surface area contributed by atoms with Crippen LogP contribution in [0.25, 0.3) is 11.0 Å². The number of likely N-dealkylation sites (tertiary alicyclic amines) is 1. The van der Waals surface area contributed by atoms with Gasteiger partial charge in [0.15, 0.2) is 0 Å². The van der Waals surface area contributed by atoms with Gasteiger partial charge in [-0.1, -0.05) is 36.4 Å². The molecule has 0 spiro atoms. The van der Waals surface area contributed by atoms with Crippen LogP contribution in [0.1, 0.15) is 25.0 Å². The number of hydrogen-bond acceptors (Lipinski definition) is 4. The van der Waals surface area contributed by atoms with Crippen molar-refractivity contribution in [3.05, 3.63) is 66.4 Å². The lowest BCUT2D eigenvalue weighted by Crippen LogP contribution is -2.42. The van der Waals surface area contributed by atoms with Gasteiger partial charge in [-0.05, 0) is 62.0 Å². The Morgan fingerprint density at radius 2 is 1.74 bits per heavy atom. The average Bonchev–Trinajstić information content (AvgIpc) is 3.13. The number of benzene rings is 2. The van der Waals surface area contributed by atoms with Crippen molar-refractivity contribution in [1.29, 1.82) is 0 Å². The minimum Gasteiger partial charge on any atom is -0.494 e. The van der Waals surface area contributed by atoms with Crippen molar-refractivity contribution in [2.24, 2.45) is 5.41 Å². The molecule has 0 radical (unpaired) electrons. The van der Waals surface area contributed by atoms with Crippen LogP contribution in [-0.2, 0) is 6.54 Å². The van der Waals surface area contributed by atoms with Crippen LogP contribution in [0.2, 0.25) is 0 Å². The van der Waals surface area contributed by atoms with Crippen molar-refractivity contribution in [3.63, 3.8) is 0 Å². The molecule has 0 aliphatic carbocycles. The Morgan fingerprint density at radius 3 is 2.48 bits per heavy atom. The van der Waals surface area contributed by atoms with Crippen LogP contribution < -0.4 is 4.74 Å². The third-order valence-corrected chi connectivity index (χ3v) is 5.75. The summed E-state index contributed by atoms with van der Waals surface area (Å²) in [6.45, 7) is 3.65. The van der Waals surface area contributed by atoms with Crippen molar-refractivity contribution in [1.82, 2.24) is 4.90 Å². The summed E-state index contributed by atoms with van der Waals surface area (Å²) in [5, 5.41) is 11.2. The third-order valence-electron chi connectivity index (χ3n) is 5.75. The minimum atomic E-state index is -0.0286. The average molecular weight is 365 g/mol. The first kappa shape index (κ1) is 18.1. The Bertz CT molecular complexity index is 817. The van der Waals surface area contributed by atoms with Crippen LogP contribution >= 0.6 is 0 Å². The van der Waals surface area contributed by atoms with Crippen molar-refractivity contribution in [2.45, 2.75) is 25.8 Å². The summed E-state index contributed by atoms with van der Waals surface area (Å²) in [5.74, 6) is 1.91. The molecule has 4 nitrogen and oxygen atoms in total. The number of fused-ring (bicyclic) bond motifs is 1. The van der Waals surface area contributed by atoms with Crippen LogP contribution in [0.15, 0.2) is 65.1 Å². The molecular formula is C23H27NO3. The number of ether oxygens (including phenoxy) is 1. The molecule has 1 fully saturated rings. The van der Waals surface area contributed by atoms with E-state index in [1.54, 1.807) is 0 Å². The monoisotopic (exact) mass is 365 g/mol. The molecule has 27 heavy (non-hydrogen) atoms. The number of aliphatic hydroxyl groups excluding tert-OH is 1. The Hall–Kier alpha value is -2.30. The van der Waals surface area contributed by atoms with Gasteiger partial charge in [-0.15, -0.1) is 0 Å². The molecule has 1 saturated heterocycles. The smallest absolute Gasteiger partial charge is 0.134 e. The molecule has 0 saturated carbocycles. The van der Waals surface area contributed by atoms with Gasteiger partial charge in [0.1, 0.15) is 17.1 Å². The van der Waals surface area contributed by atoms with Crippen LogP contribution in [-0.4, -0.2) is 36.3 Å². The second kappa shape index (κ2) is 8.15. The van der Waals surface area contributed by atoms with Gasteiger partial charge >= 0.3 is 0 Å². The van der Waals surface area contributed by atoms with Gasteiger partial charge in [-0.2, -0.15) is 0 Å². The zero-order chi connectivity index (χ0) is 18.5. The highest BCUT2D eigenvalue weighted by Gasteiger charge is 2.34. The number of piperidine rings is 1. The molecular weight excluding hydrogens is 338 g/mol. The molecule has 0 bridgehead atoms. The number of furan rings is 1. The standard InChI is InChI=1S/C23H27NO3/c25-18-23(12-15-26-20-7-2-1-3-8-20)10-13-24(14-11-23)17-21-16-19-6-4-5-9-22(19)27-21/h1-9,16,25H,10-15,17-18H2. The highest BCUT2D eigenvalue weighted by atomic mass is 16.5. The van der Waals surface area contributed by atoms with E-state index in [0.29, 0.717) is 6.61 Å². The van der Waals surface area contributed by atoms with Crippen molar-refractivity contribution < 1.29 is 14.3 Å². The van der Waals surface area contributed by atoms with Crippen LogP contribution in [0.3, 0.4) is 0 Å². The van der Waals surface area contributed by atoms with Crippen LogP contribution in [0.5, 0.6) is 5.75 Å². The maximum Gasteiger partial charge on any atom is 0.134 e. The first-order valence-corrected chi connectivity index (χ1v) is 9.75. The van der Waals surface area contributed by atoms with E-state index < -0.39 is 0 Å². The lowest BCUT2D eigenvalue weighted by atomic mass is 9.76. The fraction of sp³-hybridized carbons (Fsp3) is 0.391. The topological polar surface area (TPSA) is 45.8 Å². The fourth-order valence-electron chi connectivity index (χ4n) is 3.91. The second-order valence-corrected chi connectivity index (χ2v) is 7.60. The maximum atomic E-state index is 10.0. The van der Waals surface area contributed by atoms with E-state index >= 15 is 0 Å². The van der Waals surface area contributed by atoms with E-state index in [1.807, 2.05) is 48.5 Å². The molecule has 0 amide bonds. The minimum absolute atomic E-state index is 0.0286. The van der Waals surface area contributed by atoms with Gasteiger partial charge in [-0.25, -0.2) is 0 Å². The zero-order valence-electron chi connectivity index (χ0n) is 15.6. The summed E-state index contributed by atoms with van der Waals surface area (Å²) in [6, 6.07) is 20.2. The predicted molar refractivity (Wildman–Crippen MR) is 107 cm³/mol. The van der Waals surface area contributed by atoms with Gasteiger partial charge in [0.25, 0.3) is 0 Å². The largest absolute Gasteiger partial charge is 0.494 e. The molecule has 3 aromatic rings. The SMILES string of the molecule is OCC1(CCOc2ccccc2)CCN(Cc2cc3ccccc3o2)CC1. The van der Waals surface area contributed by atoms with Gasteiger partial charge in [-0.3, -0.25) is 4.90 Å². The molecule has 0 unspecified atom stereocenters. The number of hydrogen-bond donors (Lipinski definition) is 1. The van der Waals surface area contributed by atoms with E-state index in [0.717, 1.165) is 61.4 Å². The molecule has 4 rings (SSSR count). The number of aliphatic hydroxyl groups is 1. The van der Waals surface area contributed by atoms with Crippen molar-refractivity contribution in [3.8, 4) is 5.75 Å². The normalized spacial score (nSPS) is 17.2. The lowest BCUT2D eigenvalue weighted by molar-refractivity contribution is 0.0226. The number of nitrogens with zero attached hydrogens (tertiary/aromatic N) is 1. The Kier molecular flexibility index (Phi) is 5.46. The second-order valence-electron chi connectivity index (χ2n) is 7.60. The molecule has 1 aliphatic heterocycles. The molecule has 4 heteroatoms. The molecule has 2 heterocycles. The van der Waals surface area contributed by atoms with Gasteiger partial charge < -0.3 is 14.3 Å². The summed E-state index contributed by atoms with van der Waals surface area (Å²) in [6.07, 6.45) is 2.86. The highest BCUT2D eigenvalue weighted by Crippen LogP contribution is 2.35. The quantitative estimate of drug-likeness (QED) is 0.671. The number of para-hydroxylation sites is 2. The molecule has 1 aromatic heterocycles. The van der Waals surface area contributed by atoms with Gasteiger partial charge in [0.05, 0.1) is 13.2 Å².